The third-order valence-electron chi connectivity index (χ3n) is 5.80. The highest BCUT2D eigenvalue weighted by atomic mass is 16.2. The van der Waals surface area contributed by atoms with Crippen LogP contribution in [0, 0.1) is 5.92 Å². The Balaban J connectivity index is 2.01. The molecule has 4 heteroatoms. The van der Waals surface area contributed by atoms with Crippen molar-refractivity contribution in [1.82, 2.24) is 10.2 Å². The van der Waals surface area contributed by atoms with Gasteiger partial charge in [-0.05, 0) is 51.9 Å². The lowest BCUT2D eigenvalue weighted by Gasteiger charge is -2.53. The number of hydrogen-bond acceptors (Lipinski definition) is 2. The SMILES string of the molecule is CCC(C)N1C(=O)C2(CCCC2)NC(=O)C1(C)C1CC1. The third-order valence-corrected chi connectivity index (χ3v) is 5.80. The van der Waals surface area contributed by atoms with E-state index in [1.54, 1.807) is 0 Å². The first kappa shape index (κ1) is 13.9. The monoisotopic (exact) mass is 278 g/mol. The molecule has 2 aliphatic carbocycles. The fourth-order valence-corrected chi connectivity index (χ4v) is 4.13. The Bertz CT molecular complexity index is 438. The van der Waals surface area contributed by atoms with E-state index in [2.05, 4.69) is 19.2 Å². The van der Waals surface area contributed by atoms with Gasteiger partial charge in [0.1, 0.15) is 11.1 Å². The van der Waals surface area contributed by atoms with Gasteiger partial charge in [-0.25, -0.2) is 0 Å². The largest absolute Gasteiger partial charge is 0.340 e. The molecule has 2 unspecified atom stereocenters. The maximum absolute atomic E-state index is 13.2. The number of hydrogen-bond donors (Lipinski definition) is 1. The van der Waals surface area contributed by atoms with Gasteiger partial charge in [0.15, 0.2) is 0 Å². The summed E-state index contributed by atoms with van der Waals surface area (Å²) in [5.74, 6) is 0.611. The molecule has 1 aliphatic heterocycles. The van der Waals surface area contributed by atoms with Crippen LogP contribution in [0.4, 0.5) is 0 Å². The molecule has 2 atom stereocenters. The zero-order valence-corrected chi connectivity index (χ0v) is 12.9. The van der Waals surface area contributed by atoms with Gasteiger partial charge in [-0.1, -0.05) is 19.8 Å². The predicted octanol–water partition coefficient (Wildman–Crippen LogP) is 2.22. The molecule has 2 amide bonds. The van der Waals surface area contributed by atoms with Gasteiger partial charge in [-0.2, -0.15) is 0 Å². The second kappa shape index (κ2) is 4.47. The van der Waals surface area contributed by atoms with Gasteiger partial charge >= 0.3 is 0 Å². The van der Waals surface area contributed by atoms with Crippen LogP contribution in [0.1, 0.15) is 65.7 Å². The van der Waals surface area contributed by atoms with Gasteiger partial charge in [0.25, 0.3) is 0 Å². The lowest BCUT2D eigenvalue weighted by molar-refractivity contribution is -0.167. The summed E-state index contributed by atoms with van der Waals surface area (Å²) in [6, 6.07) is 0.136. The van der Waals surface area contributed by atoms with Crippen LogP contribution in [-0.4, -0.2) is 33.8 Å². The Morgan fingerprint density at radius 3 is 2.40 bits per heavy atom. The fourth-order valence-electron chi connectivity index (χ4n) is 4.13. The van der Waals surface area contributed by atoms with E-state index in [1.165, 1.54) is 0 Å². The number of carbonyl (C=O) groups is 2. The minimum absolute atomic E-state index is 0.0850. The van der Waals surface area contributed by atoms with E-state index in [-0.39, 0.29) is 17.9 Å². The maximum atomic E-state index is 13.2. The molecule has 3 rings (SSSR count). The number of nitrogens with zero attached hydrogens (tertiary/aromatic N) is 1. The van der Waals surface area contributed by atoms with E-state index in [1.807, 2.05) is 11.8 Å². The zero-order valence-electron chi connectivity index (χ0n) is 12.9. The number of amides is 2. The highest BCUT2D eigenvalue weighted by Gasteiger charge is 2.62. The molecule has 1 N–H and O–H groups in total. The number of piperazine rings is 1. The van der Waals surface area contributed by atoms with Crippen molar-refractivity contribution in [2.75, 3.05) is 0 Å². The Morgan fingerprint density at radius 1 is 1.30 bits per heavy atom. The average molecular weight is 278 g/mol. The molecule has 0 aromatic carbocycles. The molecule has 0 bridgehead atoms. The molecule has 20 heavy (non-hydrogen) atoms. The highest BCUT2D eigenvalue weighted by Crippen LogP contribution is 2.48. The van der Waals surface area contributed by atoms with Crippen molar-refractivity contribution < 1.29 is 9.59 Å². The topological polar surface area (TPSA) is 49.4 Å². The molecule has 4 nitrogen and oxygen atoms in total. The zero-order chi connectivity index (χ0) is 14.5. The molecular weight excluding hydrogens is 252 g/mol. The summed E-state index contributed by atoms with van der Waals surface area (Å²) < 4.78 is 0. The van der Waals surface area contributed by atoms with Crippen LogP contribution in [0.15, 0.2) is 0 Å². The predicted molar refractivity (Wildman–Crippen MR) is 77.1 cm³/mol. The smallest absolute Gasteiger partial charge is 0.249 e. The van der Waals surface area contributed by atoms with E-state index < -0.39 is 11.1 Å². The quantitative estimate of drug-likeness (QED) is 0.860. The van der Waals surface area contributed by atoms with E-state index in [0.717, 1.165) is 44.9 Å². The van der Waals surface area contributed by atoms with Crippen molar-refractivity contribution in [3.8, 4) is 0 Å². The summed E-state index contributed by atoms with van der Waals surface area (Å²) in [4.78, 5) is 27.9. The van der Waals surface area contributed by atoms with Crippen molar-refractivity contribution in [3.05, 3.63) is 0 Å². The first-order valence-corrected chi connectivity index (χ1v) is 8.12. The molecule has 2 saturated carbocycles. The summed E-state index contributed by atoms with van der Waals surface area (Å²) in [7, 11) is 0. The summed E-state index contributed by atoms with van der Waals surface area (Å²) >= 11 is 0. The molecule has 1 heterocycles. The van der Waals surface area contributed by atoms with Crippen molar-refractivity contribution >= 4 is 11.8 Å². The molecule has 3 aliphatic rings. The lowest BCUT2D eigenvalue weighted by Crippen LogP contribution is -2.76. The Labute approximate surface area is 121 Å². The van der Waals surface area contributed by atoms with Crippen LogP contribution in [-0.2, 0) is 9.59 Å². The minimum atomic E-state index is -0.625. The van der Waals surface area contributed by atoms with Crippen molar-refractivity contribution in [2.24, 2.45) is 5.92 Å². The number of rotatable bonds is 3. The highest BCUT2D eigenvalue weighted by molar-refractivity contribution is 6.02. The van der Waals surface area contributed by atoms with Crippen LogP contribution < -0.4 is 5.32 Å². The molecule has 1 saturated heterocycles. The lowest BCUT2D eigenvalue weighted by atomic mass is 9.81. The van der Waals surface area contributed by atoms with Gasteiger partial charge in [-0.3, -0.25) is 9.59 Å². The van der Waals surface area contributed by atoms with E-state index in [0.29, 0.717) is 5.92 Å². The van der Waals surface area contributed by atoms with E-state index in [4.69, 9.17) is 0 Å². The van der Waals surface area contributed by atoms with Crippen LogP contribution in [0.2, 0.25) is 0 Å². The van der Waals surface area contributed by atoms with Crippen molar-refractivity contribution in [1.29, 1.82) is 0 Å². The van der Waals surface area contributed by atoms with Gasteiger partial charge in [0.2, 0.25) is 11.8 Å². The van der Waals surface area contributed by atoms with Crippen LogP contribution >= 0.6 is 0 Å². The second-order valence-corrected chi connectivity index (χ2v) is 7.10. The Hall–Kier alpha value is -1.06. The summed E-state index contributed by atoms with van der Waals surface area (Å²) in [6.07, 6.45) is 6.74. The van der Waals surface area contributed by atoms with Gasteiger partial charge in [0.05, 0.1) is 0 Å². The molecule has 0 radical (unpaired) electrons. The maximum Gasteiger partial charge on any atom is 0.249 e. The van der Waals surface area contributed by atoms with E-state index in [9.17, 15) is 9.59 Å². The molecule has 112 valence electrons. The molecule has 3 fully saturated rings. The van der Waals surface area contributed by atoms with Gasteiger partial charge in [-0.15, -0.1) is 0 Å². The first-order chi connectivity index (χ1) is 9.45. The van der Waals surface area contributed by atoms with Crippen LogP contribution in [0.3, 0.4) is 0 Å². The summed E-state index contributed by atoms with van der Waals surface area (Å²) in [5.41, 5.74) is -1.21. The molecule has 0 aromatic heterocycles. The standard InChI is InChI=1S/C16H26N2O2/c1-4-11(2)18-14(20)16(9-5-6-10-16)17-13(19)15(18,3)12-7-8-12/h11-12H,4-10H2,1-3H3,(H,17,19). The minimum Gasteiger partial charge on any atom is -0.340 e. The number of nitrogens with one attached hydrogen (secondary N) is 1. The Morgan fingerprint density at radius 2 is 1.90 bits per heavy atom. The van der Waals surface area contributed by atoms with Crippen molar-refractivity contribution in [3.63, 3.8) is 0 Å². The Kier molecular flexibility index (Phi) is 3.11. The fraction of sp³-hybridized carbons (Fsp3) is 0.875. The average Bonchev–Trinajstić information content (AvgIpc) is 3.18. The second-order valence-electron chi connectivity index (χ2n) is 7.10. The summed E-state index contributed by atoms with van der Waals surface area (Å²) in [6.45, 7) is 6.16. The van der Waals surface area contributed by atoms with Crippen LogP contribution in [0.5, 0.6) is 0 Å². The third kappa shape index (κ3) is 1.73. The van der Waals surface area contributed by atoms with Crippen molar-refractivity contribution in [2.45, 2.75) is 82.8 Å². The summed E-state index contributed by atoms with van der Waals surface area (Å²) in [5, 5.41) is 3.13. The molecule has 1 spiro atoms. The first-order valence-electron chi connectivity index (χ1n) is 8.12. The van der Waals surface area contributed by atoms with E-state index >= 15 is 0 Å². The number of carbonyl (C=O) groups excluding carboxylic acids is 2. The normalized spacial score (nSPS) is 34.5. The van der Waals surface area contributed by atoms with Gasteiger partial charge in [0, 0.05) is 6.04 Å². The van der Waals surface area contributed by atoms with Crippen LogP contribution in [0.25, 0.3) is 0 Å². The molecule has 0 aromatic rings. The molecular formula is C16H26N2O2. The van der Waals surface area contributed by atoms with Gasteiger partial charge < -0.3 is 10.2 Å².